The summed E-state index contributed by atoms with van der Waals surface area (Å²) in [6.07, 6.45) is 5.41. The van der Waals surface area contributed by atoms with Gasteiger partial charge in [0.15, 0.2) is 0 Å². The Morgan fingerprint density at radius 1 is 1.32 bits per heavy atom. The maximum atomic E-state index is 12.4. The van der Waals surface area contributed by atoms with E-state index in [-0.39, 0.29) is 6.09 Å². The smallest absolute Gasteiger partial charge is 0.409 e. The number of rotatable bonds is 8. The number of ether oxygens (including phenoxy) is 1. The second-order valence-corrected chi connectivity index (χ2v) is 7.04. The van der Waals surface area contributed by atoms with Crippen molar-refractivity contribution in [3.8, 4) is 0 Å². The monoisotopic (exact) mass is 351 g/mol. The molecule has 0 N–H and O–H groups in total. The lowest BCUT2D eigenvalue weighted by Crippen LogP contribution is -2.36. The summed E-state index contributed by atoms with van der Waals surface area (Å²) in [5.41, 5.74) is 0.954. The first-order valence-electron chi connectivity index (χ1n) is 9.68. The Morgan fingerprint density at radius 3 is 2.84 bits per heavy atom. The van der Waals surface area contributed by atoms with Crippen molar-refractivity contribution in [2.45, 2.75) is 59.4 Å². The van der Waals surface area contributed by atoms with Crippen LogP contribution < -0.4 is 0 Å². The van der Waals surface area contributed by atoms with Crippen LogP contribution in [-0.2, 0) is 11.3 Å². The Balaban J connectivity index is 1.74. The van der Waals surface area contributed by atoms with Gasteiger partial charge in [0.25, 0.3) is 0 Å². The number of aryl methyl sites for hydroxylation is 1. The first-order valence-corrected chi connectivity index (χ1v) is 9.68. The van der Waals surface area contributed by atoms with Crippen molar-refractivity contribution >= 4 is 6.09 Å². The van der Waals surface area contributed by atoms with E-state index in [2.05, 4.69) is 23.9 Å². The van der Waals surface area contributed by atoms with Gasteiger partial charge in [0, 0.05) is 38.8 Å². The number of nitrogens with zero attached hydrogens (tertiary/aromatic N) is 3. The Bertz CT molecular complexity index is 518. The molecule has 0 aromatic carbocycles. The van der Waals surface area contributed by atoms with Crippen LogP contribution in [0.4, 0.5) is 4.79 Å². The highest BCUT2D eigenvalue weighted by Crippen LogP contribution is 2.14. The van der Waals surface area contributed by atoms with Gasteiger partial charge in [-0.05, 0) is 25.7 Å². The van der Waals surface area contributed by atoms with E-state index >= 15 is 0 Å². The zero-order valence-electron chi connectivity index (χ0n) is 16.0. The van der Waals surface area contributed by atoms with Crippen LogP contribution in [0.25, 0.3) is 0 Å². The fourth-order valence-electron chi connectivity index (χ4n) is 3.21. The van der Waals surface area contributed by atoms with Gasteiger partial charge in [0.05, 0.1) is 12.3 Å². The molecule has 0 saturated carbocycles. The van der Waals surface area contributed by atoms with Gasteiger partial charge in [-0.25, -0.2) is 4.79 Å². The molecule has 1 saturated heterocycles. The number of amides is 1. The lowest BCUT2D eigenvalue weighted by molar-refractivity contribution is 0.0856. The molecule has 2 heterocycles. The van der Waals surface area contributed by atoms with Crippen LogP contribution in [0, 0.1) is 12.8 Å². The van der Waals surface area contributed by atoms with E-state index in [0.29, 0.717) is 19.1 Å². The van der Waals surface area contributed by atoms with E-state index in [9.17, 15) is 4.79 Å². The lowest BCUT2D eigenvalue weighted by atomic mass is 10.0. The van der Waals surface area contributed by atoms with E-state index in [0.717, 1.165) is 56.9 Å². The molecule has 0 spiro atoms. The van der Waals surface area contributed by atoms with Gasteiger partial charge < -0.3 is 14.2 Å². The Morgan fingerprint density at radius 2 is 2.16 bits per heavy atom. The average Bonchev–Trinajstić information content (AvgIpc) is 2.87. The highest BCUT2D eigenvalue weighted by Gasteiger charge is 2.21. The molecule has 1 aliphatic rings. The third-order valence-electron chi connectivity index (χ3n) is 4.89. The maximum Gasteiger partial charge on any atom is 0.409 e. The van der Waals surface area contributed by atoms with Crippen molar-refractivity contribution in [3.63, 3.8) is 0 Å². The first kappa shape index (κ1) is 19.8. The van der Waals surface area contributed by atoms with Crippen molar-refractivity contribution in [1.82, 2.24) is 15.0 Å². The molecule has 0 radical (unpaired) electrons. The van der Waals surface area contributed by atoms with Gasteiger partial charge in [-0.2, -0.15) is 0 Å². The van der Waals surface area contributed by atoms with Crippen LogP contribution in [0.1, 0.15) is 57.4 Å². The van der Waals surface area contributed by atoms with Crippen molar-refractivity contribution in [2.75, 3.05) is 32.8 Å². The largest absolute Gasteiger partial charge is 0.449 e. The maximum absolute atomic E-state index is 12.4. The summed E-state index contributed by atoms with van der Waals surface area (Å²) >= 11 is 0. The number of carbonyl (C=O) groups is 1. The van der Waals surface area contributed by atoms with Gasteiger partial charge in [-0.3, -0.25) is 4.90 Å². The second kappa shape index (κ2) is 10.4. The molecule has 1 aromatic rings. The molecule has 1 amide bonds. The summed E-state index contributed by atoms with van der Waals surface area (Å²) < 4.78 is 10.7. The highest BCUT2D eigenvalue weighted by molar-refractivity contribution is 5.67. The fraction of sp³-hybridized carbons (Fsp3) is 0.789. The quantitative estimate of drug-likeness (QED) is 0.712. The minimum Gasteiger partial charge on any atom is -0.449 e. The molecule has 25 heavy (non-hydrogen) atoms. The van der Waals surface area contributed by atoms with E-state index in [4.69, 9.17) is 9.26 Å². The summed E-state index contributed by atoms with van der Waals surface area (Å²) in [5.74, 6) is 1.33. The van der Waals surface area contributed by atoms with Gasteiger partial charge in [0.1, 0.15) is 5.76 Å². The van der Waals surface area contributed by atoms with Crippen LogP contribution >= 0.6 is 0 Å². The molecule has 0 bridgehead atoms. The molecule has 1 unspecified atom stereocenters. The minimum absolute atomic E-state index is 0.158. The van der Waals surface area contributed by atoms with Gasteiger partial charge in [0.2, 0.25) is 0 Å². The third kappa shape index (κ3) is 6.69. The standard InChI is InChI=1S/C19H33N3O3/c1-4-6-8-17(5-2)15-24-19(23)22-10-7-9-21(11-12-22)14-18-13-16(3)25-20-18/h13,17H,4-12,14-15H2,1-3H3. The summed E-state index contributed by atoms with van der Waals surface area (Å²) in [5, 5.41) is 4.06. The molecule has 142 valence electrons. The normalized spacial score (nSPS) is 17.3. The summed E-state index contributed by atoms with van der Waals surface area (Å²) in [4.78, 5) is 16.5. The topological polar surface area (TPSA) is 58.8 Å². The van der Waals surface area contributed by atoms with E-state index in [1.807, 2.05) is 17.9 Å². The van der Waals surface area contributed by atoms with Crippen LogP contribution in [-0.4, -0.2) is 53.8 Å². The summed E-state index contributed by atoms with van der Waals surface area (Å²) in [6.45, 7) is 10.9. The van der Waals surface area contributed by atoms with Crippen molar-refractivity contribution in [3.05, 3.63) is 17.5 Å². The Kier molecular flexibility index (Phi) is 8.25. The second-order valence-electron chi connectivity index (χ2n) is 7.04. The van der Waals surface area contributed by atoms with Crippen LogP contribution in [0.5, 0.6) is 0 Å². The van der Waals surface area contributed by atoms with Crippen molar-refractivity contribution in [1.29, 1.82) is 0 Å². The number of carbonyl (C=O) groups excluding carboxylic acids is 1. The van der Waals surface area contributed by atoms with Crippen molar-refractivity contribution in [2.24, 2.45) is 5.92 Å². The van der Waals surface area contributed by atoms with Gasteiger partial charge in [-0.15, -0.1) is 0 Å². The third-order valence-corrected chi connectivity index (χ3v) is 4.89. The molecular weight excluding hydrogens is 318 g/mol. The number of unbranched alkanes of at least 4 members (excludes halogenated alkanes) is 1. The predicted molar refractivity (Wildman–Crippen MR) is 97.4 cm³/mol. The SMILES string of the molecule is CCCCC(CC)COC(=O)N1CCCN(Cc2cc(C)on2)CC1. The Hall–Kier alpha value is -1.56. The van der Waals surface area contributed by atoms with Crippen LogP contribution in [0.15, 0.2) is 10.6 Å². The molecule has 1 aliphatic heterocycles. The number of aromatic nitrogens is 1. The molecule has 1 fully saturated rings. The summed E-state index contributed by atoms with van der Waals surface area (Å²) in [6, 6.07) is 1.97. The lowest BCUT2D eigenvalue weighted by Gasteiger charge is -2.22. The van der Waals surface area contributed by atoms with Crippen molar-refractivity contribution < 1.29 is 14.1 Å². The molecule has 1 aromatic heterocycles. The molecule has 0 aliphatic carbocycles. The molecule has 2 rings (SSSR count). The first-order chi connectivity index (χ1) is 12.1. The Labute approximate surface area is 151 Å². The highest BCUT2D eigenvalue weighted by atomic mass is 16.6. The zero-order chi connectivity index (χ0) is 18.1. The van der Waals surface area contributed by atoms with Gasteiger partial charge in [-0.1, -0.05) is 38.3 Å². The molecule has 6 heteroatoms. The minimum atomic E-state index is -0.158. The molecular formula is C19H33N3O3. The molecule has 1 atom stereocenters. The summed E-state index contributed by atoms with van der Waals surface area (Å²) in [7, 11) is 0. The van der Waals surface area contributed by atoms with Crippen LogP contribution in [0.3, 0.4) is 0 Å². The fourth-order valence-corrected chi connectivity index (χ4v) is 3.21. The van der Waals surface area contributed by atoms with E-state index < -0.39 is 0 Å². The number of hydrogen-bond acceptors (Lipinski definition) is 5. The van der Waals surface area contributed by atoms with E-state index in [1.54, 1.807) is 0 Å². The van der Waals surface area contributed by atoms with Gasteiger partial charge >= 0.3 is 6.09 Å². The average molecular weight is 351 g/mol. The van der Waals surface area contributed by atoms with E-state index in [1.165, 1.54) is 12.8 Å². The predicted octanol–water partition coefficient (Wildman–Crippen LogP) is 3.84. The van der Waals surface area contributed by atoms with Crippen LogP contribution in [0.2, 0.25) is 0 Å². The zero-order valence-corrected chi connectivity index (χ0v) is 16.0. The number of hydrogen-bond donors (Lipinski definition) is 0. The molecule has 6 nitrogen and oxygen atoms in total.